The molecule has 9 heavy (non-hydrogen) atoms. The molecule has 1 fully saturated rings. The van der Waals surface area contributed by atoms with Gasteiger partial charge in [-0.3, -0.25) is 0 Å². The van der Waals surface area contributed by atoms with E-state index in [0.29, 0.717) is 6.54 Å². The summed E-state index contributed by atoms with van der Waals surface area (Å²) >= 11 is 0. The molecule has 5 heteroatoms. The quantitative estimate of drug-likeness (QED) is 0.497. The van der Waals surface area contributed by atoms with Gasteiger partial charge in [0.2, 0.25) is 10.0 Å². The molecular formula is C4H9NO3S. The first-order valence-electron chi connectivity index (χ1n) is 2.69. The normalized spacial score (nSPS) is 34.1. The van der Waals surface area contributed by atoms with Gasteiger partial charge in [-0.05, 0) is 6.92 Å². The Bertz CT molecular complexity index is 172. The molecule has 0 aromatic rings. The van der Waals surface area contributed by atoms with Gasteiger partial charge >= 0.3 is 0 Å². The molecule has 1 N–H and O–H groups in total. The smallest absolute Gasteiger partial charge is 0.235 e. The lowest BCUT2D eigenvalue weighted by Crippen LogP contribution is -2.41. The van der Waals surface area contributed by atoms with Crippen molar-refractivity contribution in [1.82, 2.24) is 4.72 Å². The molecular weight excluding hydrogens is 142 g/mol. The topological polar surface area (TPSA) is 55.4 Å². The molecule has 0 saturated carbocycles. The average molecular weight is 151 g/mol. The van der Waals surface area contributed by atoms with Crippen molar-refractivity contribution in [2.45, 2.75) is 13.0 Å². The number of rotatable bonds is 0. The highest BCUT2D eigenvalue weighted by molar-refractivity contribution is 7.89. The zero-order valence-electron chi connectivity index (χ0n) is 5.12. The Morgan fingerprint density at radius 2 is 2.33 bits per heavy atom. The van der Waals surface area contributed by atoms with Crippen molar-refractivity contribution in [2.75, 3.05) is 12.5 Å². The highest BCUT2D eigenvalue weighted by Crippen LogP contribution is 1.99. The Hall–Kier alpha value is -0.130. The molecule has 0 spiro atoms. The van der Waals surface area contributed by atoms with E-state index >= 15 is 0 Å². The summed E-state index contributed by atoms with van der Waals surface area (Å²) < 4.78 is 28.3. The molecule has 4 nitrogen and oxygen atoms in total. The zero-order chi connectivity index (χ0) is 6.91. The van der Waals surface area contributed by atoms with Crippen LogP contribution in [0, 0.1) is 0 Å². The molecule has 0 aliphatic carbocycles. The maximum Gasteiger partial charge on any atom is 0.235 e. The first kappa shape index (κ1) is 6.98. The van der Waals surface area contributed by atoms with Gasteiger partial charge in [-0.2, -0.15) is 0 Å². The lowest BCUT2D eigenvalue weighted by molar-refractivity contribution is 0.0921. The molecule has 1 aliphatic heterocycles. The molecule has 1 unspecified atom stereocenters. The molecule has 1 saturated heterocycles. The predicted molar refractivity (Wildman–Crippen MR) is 32.3 cm³/mol. The van der Waals surface area contributed by atoms with E-state index < -0.39 is 10.0 Å². The molecule has 54 valence electrons. The monoisotopic (exact) mass is 151 g/mol. The molecule has 1 aliphatic rings. The minimum absolute atomic E-state index is 0.00789. The van der Waals surface area contributed by atoms with E-state index in [2.05, 4.69) is 4.72 Å². The molecule has 0 aromatic carbocycles. The van der Waals surface area contributed by atoms with Crippen LogP contribution < -0.4 is 4.72 Å². The van der Waals surface area contributed by atoms with Crippen LogP contribution in [0.15, 0.2) is 0 Å². The number of nitrogens with one attached hydrogen (secondary N) is 1. The maximum atomic E-state index is 10.6. The summed E-state index contributed by atoms with van der Waals surface area (Å²) in [5, 5.41) is 0. The molecule has 1 heterocycles. The van der Waals surface area contributed by atoms with Crippen LogP contribution in [0.3, 0.4) is 0 Å². The van der Waals surface area contributed by atoms with Gasteiger partial charge in [0.05, 0.1) is 6.10 Å². The summed E-state index contributed by atoms with van der Waals surface area (Å²) in [5.41, 5.74) is 0. The average Bonchev–Trinajstić information content (AvgIpc) is 1.78. The molecule has 0 aromatic heterocycles. The van der Waals surface area contributed by atoms with E-state index in [0.717, 1.165) is 0 Å². The number of ether oxygens (including phenoxy) is 1. The van der Waals surface area contributed by atoms with Crippen molar-refractivity contribution >= 4 is 10.0 Å². The van der Waals surface area contributed by atoms with Gasteiger partial charge in [-0.25, -0.2) is 13.1 Å². The zero-order valence-corrected chi connectivity index (χ0v) is 5.94. The second-order valence-corrected chi connectivity index (χ2v) is 3.81. The fourth-order valence-electron chi connectivity index (χ4n) is 0.551. The fourth-order valence-corrected chi connectivity index (χ4v) is 1.53. The van der Waals surface area contributed by atoms with Crippen molar-refractivity contribution in [3.63, 3.8) is 0 Å². The minimum Gasteiger partial charge on any atom is -0.360 e. The summed E-state index contributed by atoms with van der Waals surface area (Å²) in [5.74, 6) is -0.200. The number of hydrogen-bond donors (Lipinski definition) is 1. The van der Waals surface area contributed by atoms with Gasteiger partial charge in [0.25, 0.3) is 0 Å². The Kier molecular flexibility index (Phi) is 1.74. The van der Waals surface area contributed by atoms with E-state index in [-0.39, 0.29) is 12.0 Å². The second-order valence-electron chi connectivity index (χ2n) is 2.06. The maximum absolute atomic E-state index is 10.6. The van der Waals surface area contributed by atoms with Gasteiger partial charge in [-0.15, -0.1) is 0 Å². The van der Waals surface area contributed by atoms with Crippen LogP contribution in [0.5, 0.6) is 0 Å². The van der Waals surface area contributed by atoms with Crippen LogP contribution in [0.2, 0.25) is 0 Å². The number of sulfonamides is 1. The van der Waals surface area contributed by atoms with Crippen molar-refractivity contribution in [2.24, 2.45) is 0 Å². The molecule has 1 atom stereocenters. The van der Waals surface area contributed by atoms with Gasteiger partial charge < -0.3 is 4.74 Å². The van der Waals surface area contributed by atoms with Gasteiger partial charge in [0, 0.05) is 6.54 Å². The first-order valence-corrected chi connectivity index (χ1v) is 4.34. The highest BCUT2D eigenvalue weighted by atomic mass is 32.2. The van der Waals surface area contributed by atoms with E-state index in [1.165, 1.54) is 0 Å². The largest absolute Gasteiger partial charge is 0.360 e. The van der Waals surface area contributed by atoms with Crippen LogP contribution >= 0.6 is 0 Å². The number of hydrogen-bond acceptors (Lipinski definition) is 3. The lowest BCUT2D eigenvalue weighted by atomic mass is 10.4. The third-order valence-corrected chi connectivity index (χ3v) is 2.15. The van der Waals surface area contributed by atoms with E-state index in [4.69, 9.17) is 4.74 Å². The summed E-state index contributed by atoms with van der Waals surface area (Å²) in [4.78, 5) is 0. The molecule has 0 amide bonds. The van der Waals surface area contributed by atoms with Crippen molar-refractivity contribution in [1.29, 1.82) is 0 Å². The van der Waals surface area contributed by atoms with Crippen LogP contribution in [0.25, 0.3) is 0 Å². The lowest BCUT2D eigenvalue weighted by Gasteiger charge is -2.19. The summed E-state index contributed by atoms with van der Waals surface area (Å²) in [7, 11) is -3.09. The van der Waals surface area contributed by atoms with Crippen LogP contribution in [0.4, 0.5) is 0 Å². The van der Waals surface area contributed by atoms with Crippen molar-refractivity contribution in [3.8, 4) is 0 Å². The van der Waals surface area contributed by atoms with Gasteiger partial charge in [0.15, 0.2) is 5.94 Å². The minimum atomic E-state index is -3.09. The SMILES string of the molecule is CC1CNS(=O)(=O)CO1. The van der Waals surface area contributed by atoms with Gasteiger partial charge in [0.1, 0.15) is 0 Å². The Labute approximate surface area is 54.3 Å². The third-order valence-electron chi connectivity index (χ3n) is 1.10. The summed E-state index contributed by atoms with van der Waals surface area (Å²) in [6.07, 6.45) is 0.00789. The summed E-state index contributed by atoms with van der Waals surface area (Å²) in [6.45, 7) is 2.21. The standard InChI is InChI=1S/C4H9NO3S/c1-4-2-5-9(6,7)3-8-4/h4-5H,2-3H2,1H3. The van der Waals surface area contributed by atoms with Crippen molar-refractivity contribution in [3.05, 3.63) is 0 Å². The Balaban J connectivity index is 2.55. The van der Waals surface area contributed by atoms with Gasteiger partial charge in [-0.1, -0.05) is 0 Å². The van der Waals surface area contributed by atoms with Crippen LogP contribution in [0.1, 0.15) is 6.92 Å². The van der Waals surface area contributed by atoms with E-state index in [9.17, 15) is 8.42 Å². The van der Waals surface area contributed by atoms with E-state index in [1.54, 1.807) is 0 Å². The van der Waals surface area contributed by atoms with Crippen molar-refractivity contribution < 1.29 is 13.2 Å². The molecule has 0 radical (unpaired) electrons. The first-order chi connectivity index (χ1) is 4.10. The second kappa shape index (κ2) is 2.24. The van der Waals surface area contributed by atoms with E-state index in [1.807, 2.05) is 6.92 Å². The Morgan fingerprint density at radius 3 is 2.67 bits per heavy atom. The molecule has 1 rings (SSSR count). The summed E-state index contributed by atoms with van der Waals surface area (Å²) in [6, 6.07) is 0. The van der Waals surface area contributed by atoms with Crippen LogP contribution in [-0.4, -0.2) is 27.0 Å². The highest BCUT2D eigenvalue weighted by Gasteiger charge is 2.19. The fraction of sp³-hybridized carbons (Fsp3) is 1.00. The molecule has 0 bridgehead atoms. The third kappa shape index (κ3) is 1.92. The van der Waals surface area contributed by atoms with Crippen LogP contribution in [-0.2, 0) is 14.8 Å². The Morgan fingerprint density at radius 1 is 1.67 bits per heavy atom. The predicted octanol–water partition coefficient (Wildman–Crippen LogP) is -0.718.